The van der Waals surface area contributed by atoms with Crippen molar-refractivity contribution in [2.45, 2.75) is 39.7 Å². The van der Waals surface area contributed by atoms with Crippen molar-refractivity contribution in [2.24, 2.45) is 5.92 Å². The minimum absolute atomic E-state index is 0.319. The zero-order chi connectivity index (χ0) is 11.0. The quantitative estimate of drug-likeness (QED) is 0.827. The second-order valence-corrected chi connectivity index (χ2v) is 5.23. The highest BCUT2D eigenvalue weighted by atomic mass is 79.9. The summed E-state index contributed by atoms with van der Waals surface area (Å²) in [6.07, 6.45) is 2.17. The van der Waals surface area contributed by atoms with Crippen LogP contribution in [0, 0.1) is 5.92 Å². The molecule has 1 aromatic rings. The Balaban J connectivity index is 2.34. The Morgan fingerprint density at radius 2 is 2.27 bits per heavy atom. The summed E-state index contributed by atoms with van der Waals surface area (Å²) >= 11 is 3.44. The lowest BCUT2D eigenvalue weighted by molar-refractivity contribution is -0.119. The summed E-state index contributed by atoms with van der Waals surface area (Å²) in [4.78, 5) is 15.8. The van der Waals surface area contributed by atoms with Gasteiger partial charge in [-0.3, -0.25) is 4.79 Å². The van der Waals surface area contributed by atoms with E-state index in [1.807, 2.05) is 0 Å². The predicted octanol–water partition coefficient (Wildman–Crippen LogP) is 2.36. The van der Waals surface area contributed by atoms with E-state index in [9.17, 15) is 4.79 Å². The first-order chi connectivity index (χ1) is 7.08. The van der Waals surface area contributed by atoms with Crippen LogP contribution in [0.5, 0.6) is 0 Å². The fourth-order valence-corrected chi connectivity index (χ4v) is 2.53. The van der Waals surface area contributed by atoms with E-state index in [0.29, 0.717) is 24.5 Å². The highest BCUT2D eigenvalue weighted by molar-refractivity contribution is 9.10. The highest BCUT2D eigenvalue weighted by Gasteiger charge is 2.22. The van der Waals surface area contributed by atoms with Gasteiger partial charge in [-0.2, -0.15) is 0 Å². The van der Waals surface area contributed by atoms with E-state index >= 15 is 0 Å². The van der Waals surface area contributed by atoms with Crippen molar-refractivity contribution >= 4 is 21.7 Å². The number of carbonyl (C=O) groups is 1. The van der Waals surface area contributed by atoms with E-state index in [0.717, 1.165) is 29.1 Å². The van der Waals surface area contributed by atoms with Gasteiger partial charge in [0.25, 0.3) is 0 Å². The molecule has 0 aromatic carbocycles. The summed E-state index contributed by atoms with van der Waals surface area (Å²) < 4.78 is 3.05. The number of imidazole rings is 1. The van der Waals surface area contributed by atoms with Gasteiger partial charge < -0.3 is 4.57 Å². The Morgan fingerprint density at radius 1 is 1.53 bits per heavy atom. The van der Waals surface area contributed by atoms with Gasteiger partial charge in [-0.25, -0.2) is 4.98 Å². The minimum atomic E-state index is 0.319. The molecule has 0 spiro atoms. The third-order valence-corrected chi connectivity index (χ3v) is 3.31. The van der Waals surface area contributed by atoms with Crippen LogP contribution < -0.4 is 0 Å². The molecule has 0 amide bonds. The first kappa shape index (κ1) is 10.9. The predicted molar refractivity (Wildman–Crippen MR) is 61.8 cm³/mol. The molecule has 0 atom stereocenters. The van der Waals surface area contributed by atoms with Crippen molar-refractivity contribution in [3.05, 3.63) is 16.1 Å². The summed E-state index contributed by atoms with van der Waals surface area (Å²) in [5.74, 6) is 2.03. The average molecular weight is 271 g/mol. The second kappa shape index (κ2) is 4.08. The van der Waals surface area contributed by atoms with Gasteiger partial charge in [0.15, 0.2) is 0 Å². The Labute approximate surface area is 98.0 Å². The van der Waals surface area contributed by atoms with Crippen LogP contribution in [0.25, 0.3) is 0 Å². The molecule has 0 radical (unpaired) electrons. The van der Waals surface area contributed by atoms with Gasteiger partial charge in [-0.05, 0) is 21.8 Å². The molecular formula is C11H15BrN2O. The Kier molecular flexibility index (Phi) is 2.96. The van der Waals surface area contributed by atoms with Gasteiger partial charge in [0.2, 0.25) is 0 Å². The Morgan fingerprint density at radius 3 is 2.93 bits per heavy atom. The smallest absolute Gasteiger partial charge is 0.140 e. The van der Waals surface area contributed by atoms with Crippen LogP contribution in [0.2, 0.25) is 0 Å². The molecule has 0 bridgehead atoms. The fourth-order valence-electron chi connectivity index (χ4n) is 1.97. The maximum absolute atomic E-state index is 11.3. The van der Waals surface area contributed by atoms with Crippen LogP contribution >= 0.6 is 15.9 Å². The molecule has 2 rings (SSSR count). The van der Waals surface area contributed by atoms with E-state index in [2.05, 4.69) is 39.3 Å². The number of halogens is 1. The molecule has 0 N–H and O–H groups in total. The first-order valence-corrected chi connectivity index (χ1v) is 6.12. The summed E-state index contributed by atoms with van der Waals surface area (Å²) in [5.41, 5.74) is 1.06. The zero-order valence-corrected chi connectivity index (χ0v) is 10.7. The Bertz CT molecular complexity index is 396. The zero-order valence-electron chi connectivity index (χ0n) is 9.09. The van der Waals surface area contributed by atoms with Gasteiger partial charge in [0.1, 0.15) is 16.2 Å². The number of nitrogens with zero attached hydrogens (tertiary/aromatic N) is 2. The van der Waals surface area contributed by atoms with E-state index in [1.54, 1.807) is 0 Å². The van der Waals surface area contributed by atoms with Crippen molar-refractivity contribution in [2.75, 3.05) is 0 Å². The molecule has 0 saturated heterocycles. The number of rotatable bonds is 2. The first-order valence-electron chi connectivity index (χ1n) is 5.33. The minimum Gasteiger partial charge on any atom is -0.330 e. The topological polar surface area (TPSA) is 34.9 Å². The summed E-state index contributed by atoms with van der Waals surface area (Å²) in [6.45, 7) is 5.17. The standard InChI is InChI=1S/C11H15BrN2O/c1-7(2)5-10-13-11(12)9-6-8(15)3-4-14(9)10/h7H,3-6H2,1-2H3. The van der Waals surface area contributed by atoms with Crippen LogP contribution in [0.4, 0.5) is 0 Å². The third-order valence-electron chi connectivity index (χ3n) is 2.67. The largest absolute Gasteiger partial charge is 0.330 e. The van der Waals surface area contributed by atoms with Gasteiger partial charge in [0, 0.05) is 25.8 Å². The van der Waals surface area contributed by atoms with Gasteiger partial charge in [-0.1, -0.05) is 13.8 Å². The molecule has 0 fully saturated rings. The van der Waals surface area contributed by atoms with Gasteiger partial charge >= 0.3 is 0 Å². The number of fused-ring (bicyclic) bond motifs is 1. The fraction of sp³-hybridized carbons (Fsp3) is 0.636. The molecule has 1 aromatic heterocycles. The Hall–Kier alpha value is -0.640. The summed E-state index contributed by atoms with van der Waals surface area (Å²) in [6, 6.07) is 0. The molecule has 1 aliphatic heterocycles. The van der Waals surface area contributed by atoms with Crippen molar-refractivity contribution in [1.82, 2.24) is 9.55 Å². The van der Waals surface area contributed by atoms with Gasteiger partial charge in [-0.15, -0.1) is 0 Å². The monoisotopic (exact) mass is 270 g/mol. The molecular weight excluding hydrogens is 256 g/mol. The van der Waals surface area contributed by atoms with Crippen LogP contribution in [-0.4, -0.2) is 15.3 Å². The van der Waals surface area contributed by atoms with E-state index < -0.39 is 0 Å². The maximum Gasteiger partial charge on any atom is 0.140 e. The highest BCUT2D eigenvalue weighted by Crippen LogP contribution is 2.24. The lowest BCUT2D eigenvalue weighted by Crippen LogP contribution is -2.20. The van der Waals surface area contributed by atoms with Crippen LogP contribution in [-0.2, 0) is 24.2 Å². The molecule has 15 heavy (non-hydrogen) atoms. The molecule has 2 heterocycles. The number of hydrogen-bond donors (Lipinski definition) is 0. The molecule has 3 nitrogen and oxygen atoms in total. The molecule has 4 heteroatoms. The third kappa shape index (κ3) is 2.14. The molecule has 0 aliphatic carbocycles. The van der Waals surface area contributed by atoms with Crippen molar-refractivity contribution in [3.8, 4) is 0 Å². The van der Waals surface area contributed by atoms with E-state index in [-0.39, 0.29) is 0 Å². The molecule has 0 unspecified atom stereocenters. The molecule has 0 saturated carbocycles. The number of hydrogen-bond acceptors (Lipinski definition) is 2. The van der Waals surface area contributed by atoms with Crippen molar-refractivity contribution in [3.63, 3.8) is 0 Å². The average Bonchev–Trinajstić information content (AvgIpc) is 2.42. The van der Waals surface area contributed by atoms with Crippen LogP contribution in [0.15, 0.2) is 4.60 Å². The number of ketones is 1. The van der Waals surface area contributed by atoms with Crippen LogP contribution in [0.1, 0.15) is 31.8 Å². The summed E-state index contributed by atoms with van der Waals surface area (Å²) in [7, 11) is 0. The molecule has 82 valence electrons. The van der Waals surface area contributed by atoms with Crippen molar-refractivity contribution in [1.29, 1.82) is 0 Å². The SMILES string of the molecule is CC(C)Cc1nc(Br)c2n1CCC(=O)C2. The number of aromatic nitrogens is 2. The van der Waals surface area contributed by atoms with E-state index in [4.69, 9.17) is 0 Å². The van der Waals surface area contributed by atoms with Crippen LogP contribution in [0.3, 0.4) is 0 Å². The number of carbonyl (C=O) groups excluding carboxylic acids is 1. The van der Waals surface area contributed by atoms with E-state index in [1.165, 1.54) is 0 Å². The maximum atomic E-state index is 11.3. The lowest BCUT2D eigenvalue weighted by atomic mass is 10.1. The number of Topliss-reactive ketones (excluding diaryl/α,β-unsaturated/α-hetero) is 1. The molecule has 1 aliphatic rings. The lowest BCUT2D eigenvalue weighted by Gasteiger charge is -2.16. The normalized spacial score (nSPS) is 15.9. The van der Waals surface area contributed by atoms with Gasteiger partial charge in [0.05, 0.1) is 5.69 Å². The summed E-state index contributed by atoms with van der Waals surface area (Å²) in [5, 5.41) is 0. The van der Waals surface area contributed by atoms with Crippen molar-refractivity contribution < 1.29 is 4.79 Å². The second-order valence-electron chi connectivity index (χ2n) is 4.48.